The molecule has 0 fully saturated rings. The van der Waals surface area contributed by atoms with E-state index in [0.29, 0.717) is 11.8 Å². The Balaban J connectivity index is 2.40. The maximum absolute atomic E-state index is 10.4. The smallest absolute Gasteiger partial charge is 0.358 e. The molecule has 0 spiro atoms. The first-order valence-electron chi connectivity index (χ1n) is 4.85. The maximum Gasteiger partial charge on any atom is 0.381 e. The molecular weight excluding hydrogens is 218 g/mol. The van der Waals surface area contributed by atoms with Crippen molar-refractivity contribution in [2.24, 2.45) is 5.92 Å². The number of hydrogen-bond acceptors (Lipinski definition) is 3. The van der Waals surface area contributed by atoms with E-state index in [0.717, 1.165) is 19.4 Å². The lowest BCUT2D eigenvalue weighted by Gasteiger charge is -2.08. The van der Waals surface area contributed by atoms with Crippen molar-refractivity contribution < 1.29 is 4.92 Å². The second kappa shape index (κ2) is 5.70. The second-order valence-corrected chi connectivity index (χ2v) is 3.98. The highest BCUT2D eigenvalue weighted by atomic mass is 35.5. The molecule has 1 aromatic heterocycles. The average Bonchev–Trinajstić information content (AvgIpc) is 2.63. The number of imidazole rings is 1. The molecule has 1 aromatic rings. The highest BCUT2D eigenvalue weighted by molar-refractivity contribution is 6.17. The molecule has 0 amide bonds. The van der Waals surface area contributed by atoms with Crippen molar-refractivity contribution in [3.8, 4) is 0 Å². The van der Waals surface area contributed by atoms with Crippen molar-refractivity contribution >= 4 is 17.4 Å². The summed E-state index contributed by atoms with van der Waals surface area (Å²) < 4.78 is 1.74. The zero-order valence-corrected chi connectivity index (χ0v) is 9.35. The zero-order valence-electron chi connectivity index (χ0n) is 8.60. The van der Waals surface area contributed by atoms with E-state index in [1.807, 2.05) is 0 Å². The van der Waals surface area contributed by atoms with Crippen LogP contribution in [0.25, 0.3) is 0 Å². The van der Waals surface area contributed by atoms with Crippen LogP contribution < -0.4 is 0 Å². The molecule has 0 N–H and O–H groups in total. The van der Waals surface area contributed by atoms with Gasteiger partial charge in [0.1, 0.15) is 6.20 Å². The molecule has 5 nitrogen and oxygen atoms in total. The van der Waals surface area contributed by atoms with Gasteiger partial charge in [-0.15, -0.1) is 11.6 Å². The fraction of sp³-hybridized carbons (Fsp3) is 0.667. The van der Waals surface area contributed by atoms with Gasteiger partial charge in [-0.05, 0) is 28.7 Å². The first-order valence-corrected chi connectivity index (χ1v) is 5.39. The van der Waals surface area contributed by atoms with Gasteiger partial charge in [0.2, 0.25) is 6.33 Å². The van der Waals surface area contributed by atoms with Crippen molar-refractivity contribution in [3.63, 3.8) is 0 Å². The van der Waals surface area contributed by atoms with Crippen molar-refractivity contribution in [2.75, 3.05) is 5.88 Å². The predicted octanol–water partition coefficient (Wildman–Crippen LogP) is 2.45. The molecule has 6 heteroatoms. The fourth-order valence-electron chi connectivity index (χ4n) is 1.26. The van der Waals surface area contributed by atoms with Gasteiger partial charge in [0.05, 0.1) is 0 Å². The van der Waals surface area contributed by atoms with Gasteiger partial charge < -0.3 is 14.7 Å². The quantitative estimate of drug-likeness (QED) is 0.429. The Labute approximate surface area is 93.2 Å². The second-order valence-electron chi connectivity index (χ2n) is 3.60. The predicted molar refractivity (Wildman–Crippen MR) is 58.0 cm³/mol. The molecular formula is C9H14ClN3O2. The van der Waals surface area contributed by atoms with Crippen LogP contribution in [-0.2, 0) is 6.54 Å². The van der Waals surface area contributed by atoms with Crippen LogP contribution >= 0.6 is 11.6 Å². The van der Waals surface area contributed by atoms with Crippen LogP contribution in [0.5, 0.6) is 0 Å². The Hall–Kier alpha value is -1.10. The standard InChI is InChI=1S/C9H14ClN3O2/c1-8(2-4-10)3-5-12-6-9(11-7-12)13(14)15/h6-8H,2-5H2,1H3. The SMILES string of the molecule is CC(CCCl)CCn1cnc([N+](=O)[O-])c1. The topological polar surface area (TPSA) is 61.0 Å². The summed E-state index contributed by atoms with van der Waals surface area (Å²) in [5, 5.41) is 10.4. The molecule has 0 aliphatic rings. The van der Waals surface area contributed by atoms with E-state index in [1.54, 1.807) is 4.57 Å². The first-order chi connectivity index (χ1) is 7.13. The monoisotopic (exact) mass is 231 g/mol. The summed E-state index contributed by atoms with van der Waals surface area (Å²) in [5.41, 5.74) is 0. The van der Waals surface area contributed by atoms with E-state index >= 15 is 0 Å². The minimum atomic E-state index is -0.487. The van der Waals surface area contributed by atoms with E-state index in [4.69, 9.17) is 11.6 Å². The first kappa shape index (κ1) is 12.0. The summed E-state index contributed by atoms with van der Waals surface area (Å²) in [6.07, 6.45) is 4.87. The molecule has 0 aliphatic heterocycles. The molecule has 1 heterocycles. The van der Waals surface area contributed by atoms with Gasteiger partial charge in [0.25, 0.3) is 0 Å². The number of rotatable bonds is 6. The van der Waals surface area contributed by atoms with Crippen molar-refractivity contribution in [2.45, 2.75) is 26.3 Å². The third-order valence-corrected chi connectivity index (χ3v) is 2.51. The summed E-state index contributed by atoms with van der Waals surface area (Å²) in [7, 11) is 0. The average molecular weight is 232 g/mol. The molecule has 0 bridgehead atoms. The van der Waals surface area contributed by atoms with Crippen LogP contribution in [0.4, 0.5) is 5.82 Å². The van der Waals surface area contributed by atoms with Gasteiger partial charge in [-0.25, -0.2) is 0 Å². The normalized spacial score (nSPS) is 12.7. The molecule has 1 unspecified atom stereocenters. The van der Waals surface area contributed by atoms with E-state index in [1.165, 1.54) is 12.5 Å². The van der Waals surface area contributed by atoms with E-state index < -0.39 is 4.92 Å². The van der Waals surface area contributed by atoms with Gasteiger partial charge in [-0.1, -0.05) is 6.92 Å². The Morgan fingerprint density at radius 1 is 1.67 bits per heavy atom. The summed E-state index contributed by atoms with van der Waals surface area (Å²) in [6.45, 7) is 2.87. The molecule has 1 rings (SSSR count). The largest absolute Gasteiger partial charge is 0.381 e. The minimum absolute atomic E-state index is 0.0972. The summed E-state index contributed by atoms with van der Waals surface area (Å²) in [6, 6.07) is 0. The Morgan fingerprint density at radius 2 is 2.40 bits per heavy atom. The van der Waals surface area contributed by atoms with E-state index in [9.17, 15) is 10.1 Å². The summed E-state index contributed by atoms with van der Waals surface area (Å²) in [5.74, 6) is 1.09. The minimum Gasteiger partial charge on any atom is -0.358 e. The molecule has 1 atom stereocenters. The number of halogens is 1. The van der Waals surface area contributed by atoms with Crippen LogP contribution in [0, 0.1) is 16.0 Å². The number of aromatic nitrogens is 2. The van der Waals surface area contributed by atoms with Gasteiger partial charge in [-0.3, -0.25) is 0 Å². The fourth-order valence-corrected chi connectivity index (χ4v) is 1.64. The summed E-state index contributed by atoms with van der Waals surface area (Å²) >= 11 is 5.62. The van der Waals surface area contributed by atoms with E-state index in [-0.39, 0.29) is 5.82 Å². The highest BCUT2D eigenvalue weighted by Crippen LogP contribution is 2.12. The number of nitrogens with zero attached hydrogens (tertiary/aromatic N) is 3. The number of aryl methyl sites for hydroxylation is 1. The lowest BCUT2D eigenvalue weighted by molar-refractivity contribution is -0.389. The maximum atomic E-state index is 10.4. The van der Waals surface area contributed by atoms with Crippen LogP contribution in [-0.4, -0.2) is 20.4 Å². The number of nitro groups is 1. The highest BCUT2D eigenvalue weighted by Gasteiger charge is 2.10. The van der Waals surface area contributed by atoms with Crippen molar-refractivity contribution in [1.29, 1.82) is 0 Å². The third-order valence-electron chi connectivity index (χ3n) is 2.29. The number of hydrogen-bond donors (Lipinski definition) is 0. The van der Waals surface area contributed by atoms with E-state index in [2.05, 4.69) is 11.9 Å². The molecule has 0 saturated carbocycles. The Morgan fingerprint density at radius 3 is 2.93 bits per heavy atom. The summed E-state index contributed by atoms with van der Waals surface area (Å²) in [4.78, 5) is 13.6. The molecule has 0 radical (unpaired) electrons. The molecule has 0 aliphatic carbocycles. The molecule has 15 heavy (non-hydrogen) atoms. The third kappa shape index (κ3) is 3.87. The van der Waals surface area contributed by atoms with Gasteiger partial charge in [-0.2, -0.15) is 0 Å². The van der Waals surface area contributed by atoms with Crippen molar-refractivity contribution in [1.82, 2.24) is 9.55 Å². The Bertz CT molecular complexity index is 327. The molecule has 0 aromatic carbocycles. The van der Waals surface area contributed by atoms with Gasteiger partial charge in [0.15, 0.2) is 0 Å². The molecule has 84 valence electrons. The van der Waals surface area contributed by atoms with Gasteiger partial charge in [0, 0.05) is 12.4 Å². The van der Waals surface area contributed by atoms with Gasteiger partial charge >= 0.3 is 5.82 Å². The van der Waals surface area contributed by atoms with Crippen LogP contribution in [0.3, 0.4) is 0 Å². The lowest BCUT2D eigenvalue weighted by Crippen LogP contribution is -2.02. The number of alkyl halides is 1. The lowest BCUT2D eigenvalue weighted by atomic mass is 10.1. The van der Waals surface area contributed by atoms with Crippen LogP contribution in [0.2, 0.25) is 0 Å². The Kier molecular flexibility index (Phi) is 4.55. The van der Waals surface area contributed by atoms with Crippen LogP contribution in [0.15, 0.2) is 12.5 Å². The zero-order chi connectivity index (χ0) is 11.3. The van der Waals surface area contributed by atoms with Crippen molar-refractivity contribution in [3.05, 3.63) is 22.6 Å². The van der Waals surface area contributed by atoms with Crippen LogP contribution in [0.1, 0.15) is 19.8 Å². The molecule has 0 saturated heterocycles.